The zero-order chi connectivity index (χ0) is 26.5. The zero-order valence-corrected chi connectivity index (χ0v) is 22.3. The number of ether oxygens (including phenoxy) is 2. The Hall–Kier alpha value is -3.07. The smallest absolute Gasteiger partial charge is 0.415 e. The fourth-order valence-corrected chi connectivity index (χ4v) is 4.06. The Bertz CT molecular complexity index is 902. The van der Waals surface area contributed by atoms with Crippen molar-refractivity contribution in [3.05, 3.63) is 35.9 Å². The first-order chi connectivity index (χ1) is 17.2. The van der Waals surface area contributed by atoms with Crippen LogP contribution >= 0.6 is 0 Å². The molecule has 1 unspecified atom stereocenters. The van der Waals surface area contributed by atoms with Crippen molar-refractivity contribution in [1.82, 2.24) is 20.4 Å². The van der Waals surface area contributed by atoms with Gasteiger partial charge >= 0.3 is 6.09 Å². The molecule has 9 nitrogen and oxygen atoms in total. The molecule has 1 aliphatic heterocycles. The van der Waals surface area contributed by atoms with Crippen molar-refractivity contribution in [2.24, 2.45) is 5.92 Å². The lowest BCUT2D eigenvalue weighted by Gasteiger charge is -2.40. The van der Waals surface area contributed by atoms with Crippen LogP contribution in [-0.4, -0.2) is 74.1 Å². The van der Waals surface area contributed by atoms with Gasteiger partial charge in [-0.25, -0.2) is 4.79 Å². The van der Waals surface area contributed by atoms with Gasteiger partial charge in [-0.1, -0.05) is 32.1 Å². The number of hydrogen-bond donors (Lipinski definition) is 2. The quantitative estimate of drug-likeness (QED) is 0.336. The number of methoxy groups -OCH3 is 1. The van der Waals surface area contributed by atoms with E-state index in [0.29, 0.717) is 56.6 Å². The molecule has 36 heavy (non-hydrogen) atoms. The molecule has 1 atom stereocenters. The first kappa shape index (κ1) is 29.2. The van der Waals surface area contributed by atoms with E-state index >= 15 is 0 Å². The lowest BCUT2D eigenvalue weighted by Crippen LogP contribution is -2.59. The molecule has 0 aliphatic carbocycles. The van der Waals surface area contributed by atoms with Crippen LogP contribution in [0.2, 0.25) is 0 Å². The Morgan fingerprint density at radius 3 is 2.61 bits per heavy atom. The molecule has 0 aromatic heterocycles. The monoisotopic (exact) mass is 502 g/mol. The zero-order valence-electron chi connectivity index (χ0n) is 22.3. The van der Waals surface area contributed by atoms with E-state index in [0.717, 1.165) is 24.8 Å². The molecule has 2 rings (SSSR count). The molecular formula is C27H42N4O5. The lowest BCUT2D eigenvalue weighted by molar-refractivity contribution is -0.131. The van der Waals surface area contributed by atoms with Crippen LogP contribution in [0.4, 0.5) is 4.79 Å². The van der Waals surface area contributed by atoms with Gasteiger partial charge in [-0.05, 0) is 49.9 Å². The Kier molecular flexibility index (Phi) is 12.3. The van der Waals surface area contributed by atoms with Gasteiger partial charge in [0.15, 0.2) is 11.5 Å². The molecular weight excluding hydrogens is 460 g/mol. The highest BCUT2D eigenvalue weighted by Crippen LogP contribution is 2.29. The average Bonchev–Trinajstić information content (AvgIpc) is 2.85. The number of rotatable bonds is 12. The second-order valence-corrected chi connectivity index (χ2v) is 9.42. The van der Waals surface area contributed by atoms with Crippen molar-refractivity contribution in [2.75, 3.05) is 40.3 Å². The van der Waals surface area contributed by atoms with E-state index < -0.39 is 6.09 Å². The molecule has 1 aromatic carbocycles. The molecule has 1 fully saturated rings. The van der Waals surface area contributed by atoms with Crippen LogP contribution in [0.1, 0.15) is 52.0 Å². The maximum absolute atomic E-state index is 13.0. The highest BCUT2D eigenvalue weighted by atomic mass is 16.6. The third-order valence-corrected chi connectivity index (χ3v) is 6.06. The molecule has 2 N–H and O–H groups in total. The number of carbonyl (C=O) groups is 3. The minimum absolute atomic E-state index is 0.00717. The molecule has 0 spiro atoms. The van der Waals surface area contributed by atoms with Crippen molar-refractivity contribution < 1.29 is 23.9 Å². The number of amides is 3. The van der Waals surface area contributed by atoms with E-state index in [1.165, 1.54) is 14.0 Å². The van der Waals surface area contributed by atoms with Gasteiger partial charge in [0, 0.05) is 46.1 Å². The number of nitrogens with one attached hydrogen (secondary N) is 2. The molecule has 0 bridgehead atoms. The maximum Gasteiger partial charge on any atom is 0.415 e. The molecule has 3 amide bonds. The summed E-state index contributed by atoms with van der Waals surface area (Å²) in [7, 11) is 3.32. The van der Waals surface area contributed by atoms with E-state index in [1.807, 2.05) is 7.05 Å². The standard InChI is InChI=1S/C27H42N4O5/c1-20(2)10-8-6-7-9-11-26(33)29-17-22-12-13-24(25(16-22)35-5)36-27(34)31-15-14-30(21(3)32)19-23(31)18-28-4/h8,10,12-13,16,20,23,28H,6-7,9,11,14-15,17-19H2,1-5H3,(H,29,33). The van der Waals surface area contributed by atoms with Gasteiger partial charge < -0.3 is 29.9 Å². The van der Waals surface area contributed by atoms with Crippen molar-refractivity contribution in [3.63, 3.8) is 0 Å². The third-order valence-electron chi connectivity index (χ3n) is 6.06. The Balaban J connectivity index is 1.88. The van der Waals surface area contributed by atoms with Crippen LogP contribution in [0.25, 0.3) is 0 Å². The summed E-state index contributed by atoms with van der Waals surface area (Å²) in [4.78, 5) is 40.3. The summed E-state index contributed by atoms with van der Waals surface area (Å²) in [6.07, 6.45) is 7.20. The van der Waals surface area contributed by atoms with E-state index in [-0.39, 0.29) is 17.9 Å². The van der Waals surface area contributed by atoms with Gasteiger partial charge in [-0.3, -0.25) is 9.59 Å². The summed E-state index contributed by atoms with van der Waals surface area (Å²) >= 11 is 0. The van der Waals surface area contributed by atoms with Crippen molar-refractivity contribution in [3.8, 4) is 11.5 Å². The highest BCUT2D eigenvalue weighted by molar-refractivity contribution is 5.76. The molecule has 0 radical (unpaired) electrons. The SMILES string of the molecule is CNCC1CN(C(C)=O)CCN1C(=O)Oc1ccc(CNC(=O)CCCCC=CC(C)C)cc1OC. The summed E-state index contributed by atoms with van der Waals surface area (Å²) in [6.45, 7) is 8.06. The molecule has 1 saturated heterocycles. The number of hydrogen-bond acceptors (Lipinski definition) is 6. The predicted molar refractivity (Wildman–Crippen MR) is 140 cm³/mol. The Morgan fingerprint density at radius 2 is 1.94 bits per heavy atom. The Labute approximate surface area is 215 Å². The van der Waals surface area contributed by atoms with Gasteiger partial charge in [-0.15, -0.1) is 0 Å². The van der Waals surface area contributed by atoms with Gasteiger partial charge in [0.1, 0.15) is 0 Å². The number of carbonyl (C=O) groups excluding carboxylic acids is 3. The van der Waals surface area contributed by atoms with E-state index in [4.69, 9.17) is 9.47 Å². The summed E-state index contributed by atoms with van der Waals surface area (Å²) in [6, 6.07) is 5.06. The highest BCUT2D eigenvalue weighted by Gasteiger charge is 2.32. The van der Waals surface area contributed by atoms with Crippen molar-refractivity contribution in [1.29, 1.82) is 0 Å². The average molecular weight is 503 g/mol. The third kappa shape index (κ3) is 9.53. The summed E-state index contributed by atoms with van der Waals surface area (Å²) in [5, 5.41) is 6.01. The number of allylic oxidation sites excluding steroid dienone is 2. The molecule has 9 heteroatoms. The minimum Gasteiger partial charge on any atom is -0.493 e. The first-order valence-corrected chi connectivity index (χ1v) is 12.7. The van der Waals surface area contributed by atoms with Crippen LogP contribution in [0.15, 0.2) is 30.4 Å². The summed E-state index contributed by atoms with van der Waals surface area (Å²) in [5.74, 6) is 1.28. The molecule has 200 valence electrons. The second kappa shape index (κ2) is 15.1. The lowest BCUT2D eigenvalue weighted by atomic mass is 10.1. The number of benzene rings is 1. The fraction of sp³-hybridized carbons (Fsp3) is 0.593. The number of nitrogens with zero attached hydrogens (tertiary/aromatic N) is 2. The number of likely N-dealkylation sites (N-methyl/N-ethyl adjacent to an activating group) is 1. The van der Waals surface area contributed by atoms with Crippen LogP contribution < -0.4 is 20.1 Å². The van der Waals surface area contributed by atoms with Gasteiger partial charge in [0.05, 0.1) is 13.2 Å². The molecule has 1 aromatic rings. The topological polar surface area (TPSA) is 100 Å². The molecule has 1 heterocycles. The van der Waals surface area contributed by atoms with E-state index in [2.05, 4.69) is 36.6 Å². The summed E-state index contributed by atoms with van der Waals surface area (Å²) in [5.41, 5.74) is 0.850. The van der Waals surface area contributed by atoms with Crippen molar-refractivity contribution in [2.45, 2.75) is 59.0 Å². The van der Waals surface area contributed by atoms with Crippen LogP contribution in [0, 0.1) is 5.92 Å². The van der Waals surface area contributed by atoms with E-state index in [9.17, 15) is 14.4 Å². The largest absolute Gasteiger partial charge is 0.493 e. The van der Waals surface area contributed by atoms with Crippen LogP contribution in [0.5, 0.6) is 11.5 Å². The predicted octanol–water partition coefficient (Wildman–Crippen LogP) is 3.33. The van der Waals surface area contributed by atoms with Gasteiger partial charge in [0.2, 0.25) is 11.8 Å². The fourth-order valence-electron chi connectivity index (χ4n) is 4.06. The van der Waals surface area contributed by atoms with Gasteiger partial charge in [-0.2, -0.15) is 0 Å². The molecule has 0 saturated carbocycles. The van der Waals surface area contributed by atoms with Crippen molar-refractivity contribution >= 4 is 17.9 Å². The van der Waals surface area contributed by atoms with Crippen LogP contribution in [-0.2, 0) is 16.1 Å². The van der Waals surface area contributed by atoms with Gasteiger partial charge in [0.25, 0.3) is 0 Å². The molecule has 1 aliphatic rings. The minimum atomic E-state index is -0.485. The number of piperazine rings is 1. The normalized spacial score (nSPS) is 15.9. The Morgan fingerprint density at radius 1 is 1.17 bits per heavy atom. The van der Waals surface area contributed by atoms with E-state index in [1.54, 1.807) is 28.0 Å². The maximum atomic E-state index is 13.0. The van der Waals surface area contributed by atoms with Crippen LogP contribution in [0.3, 0.4) is 0 Å². The first-order valence-electron chi connectivity index (χ1n) is 12.7. The summed E-state index contributed by atoms with van der Waals surface area (Å²) < 4.78 is 11.1. The second-order valence-electron chi connectivity index (χ2n) is 9.42. The number of unbranched alkanes of at least 4 members (excludes halogenated alkanes) is 2.